The molecule has 0 fully saturated rings. The molecule has 0 radical (unpaired) electrons. The van der Waals surface area contributed by atoms with Gasteiger partial charge in [0.15, 0.2) is 16.3 Å². The molecule has 0 amide bonds. The molecule has 0 unspecified atom stereocenters. The van der Waals surface area contributed by atoms with E-state index in [1.807, 2.05) is 13.8 Å². The van der Waals surface area contributed by atoms with E-state index in [0.717, 1.165) is 0 Å². The number of aryl methyl sites for hydroxylation is 1. The summed E-state index contributed by atoms with van der Waals surface area (Å²) in [7, 11) is 1.57. The Kier molecular flexibility index (Phi) is 4.60. The highest BCUT2D eigenvalue weighted by molar-refractivity contribution is 8.00. The Hall–Kier alpha value is -1.83. The number of nitrogens with one attached hydrogen (secondary N) is 1. The van der Waals surface area contributed by atoms with Crippen LogP contribution in [0.15, 0.2) is 14.7 Å². The van der Waals surface area contributed by atoms with Crippen LogP contribution in [0.25, 0.3) is 11.2 Å². The molecule has 1 atom stereocenters. The summed E-state index contributed by atoms with van der Waals surface area (Å²) in [5.74, 6) is 0.331. The average molecular weight is 324 g/mol. The largest absolute Gasteiger partial charge is 0.329 e. The highest BCUT2D eigenvalue weighted by Crippen LogP contribution is 2.26. The first-order chi connectivity index (χ1) is 10.2. The fourth-order valence-electron chi connectivity index (χ4n) is 2.08. The van der Waals surface area contributed by atoms with E-state index in [9.17, 15) is 14.4 Å². The Bertz CT molecular complexity index is 831. The van der Waals surface area contributed by atoms with Crippen LogP contribution in [0, 0.1) is 5.92 Å². The van der Waals surface area contributed by atoms with E-state index in [-0.39, 0.29) is 11.0 Å². The highest BCUT2D eigenvalue weighted by atomic mass is 32.2. The van der Waals surface area contributed by atoms with E-state index < -0.39 is 11.2 Å². The normalized spacial score (nSPS) is 13.0. The Morgan fingerprint density at radius 2 is 1.95 bits per heavy atom. The molecule has 7 nitrogen and oxygen atoms in total. The van der Waals surface area contributed by atoms with Gasteiger partial charge < -0.3 is 4.57 Å². The van der Waals surface area contributed by atoms with Gasteiger partial charge in [-0.05, 0) is 19.8 Å². The number of rotatable bonds is 5. The maximum absolute atomic E-state index is 12.2. The molecule has 0 spiro atoms. The first-order valence-electron chi connectivity index (χ1n) is 7.09. The van der Waals surface area contributed by atoms with Crippen molar-refractivity contribution in [2.45, 2.75) is 44.6 Å². The number of thioether (sulfide) groups is 1. The second-order valence-corrected chi connectivity index (χ2v) is 7.07. The van der Waals surface area contributed by atoms with Crippen molar-refractivity contribution in [3.05, 3.63) is 20.8 Å². The molecule has 2 heterocycles. The minimum atomic E-state index is -0.497. The average Bonchev–Trinajstić information content (AvgIpc) is 2.74. The summed E-state index contributed by atoms with van der Waals surface area (Å²) in [6.45, 7) is 7.98. The Balaban J connectivity index is 2.72. The Labute approximate surface area is 131 Å². The first-order valence-corrected chi connectivity index (χ1v) is 7.97. The third-order valence-electron chi connectivity index (χ3n) is 3.37. The lowest BCUT2D eigenvalue weighted by Gasteiger charge is -2.12. The molecule has 8 heteroatoms. The molecule has 0 aliphatic heterocycles. The second kappa shape index (κ2) is 6.12. The van der Waals surface area contributed by atoms with E-state index in [2.05, 4.69) is 9.97 Å². The van der Waals surface area contributed by atoms with Gasteiger partial charge in [-0.2, -0.15) is 0 Å². The number of nitrogens with zero attached hydrogens (tertiary/aromatic N) is 3. The summed E-state index contributed by atoms with van der Waals surface area (Å²) < 4.78 is 3.11. The van der Waals surface area contributed by atoms with Crippen molar-refractivity contribution in [3.8, 4) is 0 Å². The molecule has 0 saturated carbocycles. The van der Waals surface area contributed by atoms with Crippen LogP contribution in [-0.4, -0.2) is 30.1 Å². The number of hydrogen-bond donors (Lipinski definition) is 1. The van der Waals surface area contributed by atoms with E-state index in [1.54, 1.807) is 18.5 Å². The minimum absolute atomic E-state index is 0.0379. The van der Waals surface area contributed by atoms with Crippen molar-refractivity contribution in [3.63, 3.8) is 0 Å². The number of hydrogen-bond acceptors (Lipinski definition) is 5. The van der Waals surface area contributed by atoms with Gasteiger partial charge in [0.25, 0.3) is 5.56 Å². The molecular formula is C14H20N4O3S. The molecule has 2 rings (SSSR count). The fourth-order valence-corrected chi connectivity index (χ4v) is 2.99. The third-order valence-corrected chi connectivity index (χ3v) is 4.58. The molecule has 2 aromatic heterocycles. The van der Waals surface area contributed by atoms with Crippen LogP contribution in [0.3, 0.4) is 0 Å². The van der Waals surface area contributed by atoms with Crippen LogP contribution in [-0.2, 0) is 18.4 Å². The van der Waals surface area contributed by atoms with Crippen LogP contribution in [0.1, 0.15) is 27.7 Å². The van der Waals surface area contributed by atoms with Crippen LogP contribution in [0.2, 0.25) is 0 Å². The molecule has 22 heavy (non-hydrogen) atoms. The van der Waals surface area contributed by atoms with Gasteiger partial charge in [-0.3, -0.25) is 19.1 Å². The molecule has 0 aliphatic rings. The number of carbonyl (C=O) groups is 1. The number of Topliss-reactive ketones (excluding diaryl/α,β-unsaturated/α-hetero) is 1. The minimum Gasteiger partial charge on any atom is -0.313 e. The van der Waals surface area contributed by atoms with Gasteiger partial charge in [-0.25, -0.2) is 9.78 Å². The van der Waals surface area contributed by atoms with Gasteiger partial charge in [0.2, 0.25) is 0 Å². The quantitative estimate of drug-likeness (QED) is 0.833. The summed E-state index contributed by atoms with van der Waals surface area (Å²) in [5, 5.41) is 0.317. The lowest BCUT2D eigenvalue weighted by atomic mass is 10.2. The van der Waals surface area contributed by atoms with Crippen molar-refractivity contribution in [1.82, 2.24) is 19.1 Å². The number of ketones is 1. The van der Waals surface area contributed by atoms with E-state index >= 15 is 0 Å². The number of aromatic nitrogens is 4. The summed E-state index contributed by atoms with van der Waals surface area (Å²) >= 11 is 1.30. The van der Waals surface area contributed by atoms with Gasteiger partial charge in [0, 0.05) is 13.6 Å². The van der Waals surface area contributed by atoms with Gasteiger partial charge in [0.1, 0.15) is 5.78 Å². The van der Waals surface area contributed by atoms with Crippen LogP contribution >= 0.6 is 11.8 Å². The summed E-state index contributed by atoms with van der Waals surface area (Å²) in [5.41, 5.74) is -0.238. The number of carbonyl (C=O) groups excluding carboxylic acids is 1. The second-order valence-electron chi connectivity index (χ2n) is 5.76. The zero-order chi connectivity index (χ0) is 16.6. The molecular weight excluding hydrogens is 304 g/mol. The standard InChI is InChI=1S/C14H20N4O3S/c1-7(2)6-18-10-11(17(5)13(21)16-12(10)20)15-14(18)22-9(4)8(3)19/h7,9H,6H2,1-5H3,(H,16,20,21)/t9-/m1/s1. The lowest BCUT2D eigenvalue weighted by Crippen LogP contribution is -2.29. The van der Waals surface area contributed by atoms with Gasteiger partial charge in [-0.15, -0.1) is 0 Å². The maximum atomic E-state index is 12.2. The molecule has 0 bridgehead atoms. The fraction of sp³-hybridized carbons (Fsp3) is 0.571. The zero-order valence-corrected chi connectivity index (χ0v) is 14.2. The topological polar surface area (TPSA) is 89.8 Å². The highest BCUT2D eigenvalue weighted by Gasteiger charge is 2.21. The lowest BCUT2D eigenvalue weighted by molar-refractivity contribution is -0.116. The number of fused-ring (bicyclic) bond motifs is 1. The first kappa shape index (κ1) is 16.5. The Morgan fingerprint density at radius 1 is 1.32 bits per heavy atom. The van der Waals surface area contributed by atoms with Crippen molar-refractivity contribution >= 4 is 28.7 Å². The number of imidazole rings is 1. The predicted molar refractivity (Wildman–Crippen MR) is 86.4 cm³/mol. The molecule has 0 aliphatic carbocycles. The van der Waals surface area contributed by atoms with Crippen molar-refractivity contribution < 1.29 is 4.79 Å². The SMILES string of the molecule is CC(=O)[C@@H](C)Sc1nc2c(c(=O)[nH]c(=O)n2C)n1CC(C)C. The van der Waals surface area contributed by atoms with Gasteiger partial charge in [-0.1, -0.05) is 25.6 Å². The van der Waals surface area contributed by atoms with Gasteiger partial charge >= 0.3 is 5.69 Å². The monoisotopic (exact) mass is 324 g/mol. The van der Waals surface area contributed by atoms with E-state index in [4.69, 9.17) is 0 Å². The molecule has 2 aromatic rings. The smallest absolute Gasteiger partial charge is 0.313 e. The van der Waals surface area contributed by atoms with Crippen LogP contribution in [0.5, 0.6) is 0 Å². The number of aromatic amines is 1. The van der Waals surface area contributed by atoms with E-state index in [1.165, 1.54) is 23.3 Å². The van der Waals surface area contributed by atoms with Crippen molar-refractivity contribution in [2.24, 2.45) is 13.0 Å². The number of H-pyrrole nitrogens is 1. The van der Waals surface area contributed by atoms with Crippen molar-refractivity contribution in [2.75, 3.05) is 0 Å². The van der Waals surface area contributed by atoms with E-state index in [0.29, 0.717) is 28.8 Å². The predicted octanol–water partition coefficient (Wildman–Crippen LogP) is 1.15. The molecule has 120 valence electrons. The summed E-state index contributed by atoms with van der Waals surface area (Å²) in [6, 6.07) is 0. The maximum Gasteiger partial charge on any atom is 0.329 e. The molecule has 1 N–H and O–H groups in total. The Morgan fingerprint density at radius 3 is 2.50 bits per heavy atom. The molecule has 0 aromatic carbocycles. The van der Waals surface area contributed by atoms with Gasteiger partial charge in [0.05, 0.1) is 5.25 Å². The van der Waals surface area contributed by atoms with Crippen LogP contribution < -0.4 is 11.2 Å². The third kappa shape index (κ3) is 3.01. The summed E-state index contributed by atoms with van der Waals surface area (Å²) in [4.78, 5) is 42.1. The van der Waals surface area contributed by atoms with Crippen LogP contribution in [0.4, 0.5) is 0 Å². The summed E-state index contributed by atoms with van der Waals surface area (Å²) in [6.07, 6.45) is 0. The van der Waals surface area contributed by atoms with Crippen molar-refractivity contribution in [1.29, 1.82) is 0 Å². The molecule has 0 saturated heterocycles. The zero-order valence-electron chi connectivity index (χ0n) is 13.3.